The Morgan fingerprint density at radius 1 is 1.20 bits per heavy atom. The summed E-state index contributed by atoms with van der Waals surface area (Å²) in [5.74, 6) is 0.0311. The van der Waals surface area contributed by atoms with Crippen LogP contribution in [0.25, 0.3) is 0 Å². The highest BCUT2D eigenvalue weighted by molar-refractivity contribution is 5.85. The Kier molecular flexibility index (Phi) is 12.1. The molecule has 2 N–H and O–H groups in total. The average molecular weight is 378 g/mol. The Morgan fingerprint density at radius 3 is 2.32 bits per heavy atom. The van der Waals surface area contributed by atoms with Crippen LogP contribution in [0.3, 0.4) is 0 Å². The molecule has 1 atom stereocenters. The van der Waals surface area contributed by atoms with Crippen LogP contribution in [0, 0.1) is 5.92 Å². The van der Waals surface area contributed by atoms with Gasteiger partial charge in [0.25, 0.3) is 0 Å². The molecule has 0 aromatic carbocycles. The van der Waals surface area contributed by atoms with Gasteiger partial charge < -0.3 is 10.4 Å². The van der Waals surface area contributed by atoms with Crippen molar-refractivity contribution in [1.82, 2.24) is 15.1 Å². The van der Waals surface area contributed by atoms with Crippen molar-refractivity contribution in [3.8, 4) is 0 Å². The van der Waals surface area contributed by atoms with Crippen molar-refractivity contribution in [1.29, 1.82) is 0 Å². The van der Waals surface area contributed by atoms with E-state index in [0.717, 1.165) is 38.8 Å². The smallest absolute Gasteiger partial charge is 0.317 e. The molecule has 0 spiro atoms. The number of aliphatic carboxylic acids is 1. The summed E-state index contributed by atoms with van der Waals surface area (Å²) in [7, 11) is 1.86. The van der Waals surface area contributed by atoms with Crippen LogP contribution in [0.5, 0.6) is 0 Å². The molecule has 1 rings (SSSR count). The van der Waals surface area contributed by atoms with Crippen LogP contribution in [0.15, 0.2) is 0 Å². The molecule has 0 aliphatic carbocycles. The predicted molar refractivity (Wildman–Crippen MR) is 103 cm³/mol. The van der Waals surface area contributed by atoms with Gasteiger partial charge in [0.05, 0.1) is 13.1 Å². The number of likely N-dealkylation sites (tertiary alicyclic amines) is 1. The van der Waals surface area contributed by atoms with E-state index in [1.807, 2.05) is 11.9 Å². The Morgan fingerprint density at radius 2 is 1.80 bits per heavy atom. The summed E-state index contributed by atoms with van der Waals surface area (Å²) >= 11 is 0. The first-order chi connectivity index (χ1) is 11.3. The second-order valence-electron chi connectivity index (χ2n) is 7.61. The third-order valence-corrected chi connectivity index (χ3v) is 4.76. The monoisotopic (exact) mass is 377 g/mol. The highest BCUT2D eigenvalue weighted by atomic mass is 35.5. The quantitative estimate of drug-likeness (QED) is 0.610. The van der Waals surface area contributed by atoms with Crippen LogP contribution in [0.2, 0.25) is 0 Å². The summed E-state index contributed by atoms with van der Waals surface area (Å²) in [5, 5.41) is 11.9. The number of hydrogen-bond acceptors (Lipinski definition) is 4. The Balaban J connectivity index is 0.00000576. The molecule has 0 aromatic rings. The van der Waals surface area contributed by atoms with Gasteiger partial charge in [0.15, 0.2) is 0 Å². The van der Waals surface area contributed by atoms with Crippen LogP contribution in [0.4, 0.5) is 0 Å². The lowest BCUT2D eigenvalue weighted by molar-refractivity contribution is -0.138. The van der Waals surface area contributed by atoms with Crippen LogP contribution in [-0.2, 0) is 9.59 Å². The molecule has 1 amide bonds. The molecule has 1 unspecified atom stereocenters. The number of nitrogens with one attached hydrogen (secondary N) is 1. The van der Waals surface area contributed by atoms with Crippen LogP contribution >= 0.6 is 12.4 Å². The maximum atomic E-state index is 12.1. The maximum Gasteiger partial charge on any atom is 0.317 e. The van der Waals surface area contributed by atoms with E-state index in [4.69, 9.17) is 5.11 Å². The molecule has 1 fully saturated rings. The Hall–Kier alpha value is -0.850. The number of nitrogens with zero attached hydrogens (tertiary/aromatic N) is 2. The zero-order valence-electron chi connectivity index (χ0n) is 16.2. The summed E-state index contributed by atoms with van der Waals surface area (Å²) in [4.78, 5) is 27.0. The van der Waals surface area contributed by atoms with Crippen molar-refractivity contribution in [3.05, 3.63) is 0 Å². The Labute approximate surface area is 158 Å². The van der Waals surface area contributed by atoms with Gasteiger partial charge in [-0.3, -0.25) is 19.4 Å². The normalized spacial score (nSPS) is 17.4. The number of carbonyl (C=O) groups excluding carboxylic acids is 1. The predicted octanol–water partition coefficient (Wildman–Crippen LogP) is 2.22. The van der Waals surface area contributed by atoms with Gasteiger partial charge in [0.1, 0.15) is 0 Å². The summed E-state index contributed by atoms with van der Waals surface area (Å²) in [6.07, 6.45) is 5.23. The fourth-order valence-corrected chi connectivity index (χ4v) is 3.29. The topological polar surface area (TPSA) is 72.9 Å². The molecule has 1 saturated heterocycles. The number of halogens is 1. The number of piperidine rings is 1. The van der Waals surface area contributed by atoms with E-state index in [1.54, 1.807) is 0 Å². The fourth-order valence-electron chi connectivity index (χ4n) is 3.29. The molecular weight excluding hydrogens is 342 g/mol. The standard InChI is InChI=1S/C18H35N3O3.ClH/c1-14(2)6-5-7-15(3)19-17(22)12-21-10-8-16(9-11-21)20(4)13-18(23)24;/h14-16H,5-13H2,1-4H3,(H,19,22)(H,23,24);1H. The van der Waals surface area contributed by atoms with Gasteiger partial charge in [0.2, 0.25) is 5.91 Å². The lowest BCUT2D eigenvalue weighted by Crippen LogP contribution is -2.48. The van der Waals surface area contributed by atoms with Crippen molar-refractivity contribution in [3.63, 3.8) is 0 Å². The van der Waals surface area contributed by atoms with Crippen LogP contribution in [-0.4, -0.2) is 72.1 Å². The van der Waals surface area contributed by atoms with Gasteiger partial charge >= 0.3 is 5.97 Å². The average Bonchev–Trinajstić information content (AvgIpc) is 2.46. The summed E-state index contributed by atoms with van der Waals surface area (Å²) in [6, 6.07) is 0.533. The number of likely N-dealkylation sites (N-methyl/N-ethyl adjacent to an activating group) is 1. The molecule has 148 valence electrons. The number of amides is 1. The molecular formula is C18H36ClN3O3. The minimum absolute atomic E-state index is 0. The lowest BCUT2D eigenvalue weighted by atomic mass is 10.0. The lowest BCUT2D eigenvalue weighted by Gasteiger charge is -2.35. The van der Waals surface area contributed by atoms with Crippen molar-refractivity contribution in [2.75, 3.05) is 33.2 Å². The molecule has 0 aromatic heterocycles. The van der Waals surface area contributed by atoms with Crippen LogP contribution in [0.1, 0.15) is 52.9 Å². The van der Waals surface area contributed by atoms with E-state index in [9.17, 15) is 9.59 Å². The number of rotatable bonds is 10. The first kappa shape index (κ1) is 24.1. The fraction of sp³-hybridized carbons (Fsp3) is 0.889. The Bertz CT molecular complexity index is 399. The van der Waals surface area contributed by atoms with Gasteiger partial charge in [-0.25, -0.2) is 0 Å². The largest absolute Gasteiger partial charge is 0.480 e. The molecule has 0 radical (unpaired) electrons. The zero-order valence-corrected chi connectivity index (χ0v) is 17.0. The van der Waals surface area contributed by atoms with Gasteiger partial charge in [-0.1, -0.05) is 26.7 Å². The summed E-state index contributed by atoms with van der Waals surface area (Å²) in [6.45, 7) is 8.75. The number of carboxylic acid groups (broad SMARTS) is 1. The first-order valence-corrected chi connectivity index (χ1v) is 9.21. The molecule has 1 aliphatic heterocycles. The number of carbonyl (C=O) groups is 2. The van der Waals surface area contributed by atoms with E-state index in [-0.39, 0.29) is 30.9 Å². The molecule has 25 heavy (non-hydrogen) atoms. The van der Waals surface area contributed by atoms with Gasteiger partial charge in [-0.15, -0.1) is 12.4 Å². The van der Waals surface area contributed by atoms with Crippen molar-refractivity contribution < 1.29 is 14.7 Å². The van der Waals surface area contributed by atoms with Crippen molar-refractivity contribution in [2.45, 2.75) is 65.0 Å². The van der Waals surface area contributed by atoms with E-state index >= 15 is 0 Å². The van der Waals surface area contributed by atoms with Gasteiger partial charge in [0, 0.05) is 25.2 Å². The van der Waals surface area contributed by atoms with E-state index < -0.39 is 5.97 Å². The molecule has 0 saturated carbocycles. The molecule has 0 bridgehead atoms. The molecule has 6 nitrogen and oxygen atoms in total. The minimum atomic E-state index is -0.786. The SMILES string of the molecule is CC(C)CCCC(C)NC(=O)CN1CCC(N(C)CC(=O)O)CC1.Cl. The molecule has 1 heterocycles. The highest BCUT2D eigenvalue weighted by Gasteiger charge is 2.24. The van der Waals surface area contributed by atoms with E-state index in [2.05, 4.69) is 31.0 Å². The maximum absolute atomic E-state index is 12.1. The first-order valence-electron chi connectivity index (χ1n) is 9.21. The van der Waals surface area contributed by atoms with Gasteiger partial charge in [-0.2, -0.15) is 0 Å². The highest BCUT2D eigenvalue weighted by Crippen LogP contribution is 2.15. The third-order valence-electron chi connectivity index (χ3n) is 4.76. The summed E-state index contributed by atoms with van der Waals surface area (Å²) < 4.78 is 0. The van der Waals surface area contributed by atoms with Crippen LogP contribution < -0.4 is 5.32 Å². The summed E-state index contributed by atoms with van der Waals surface area (Å²) in [5.41, 5.74) is 0. The third kappa shape index (κ3) is 10.7. The zero-order chi connectivity index (χ0) is 18.1. The minimum Gasteiger partial charge on any atom is -0.480 e. The van der Waals surface area contributed by atoms with Crippen molar-refractivity contribution >= 4 is 24.3 Å². The van der Waals surface area contributed by atoms with Gasteiger partial charge in [-0.05, 0) is 39.2 Å². The second-order valence-corrected chi connectivity index (χ2v) is 7.61. The second kappa shape index (κ2) is 12.5. The van der Waals surface area contributed by atoms with Crippen molar-refractivity contribution in [2.24, 2.45) is 5.92 Å². The number of hydrogen-bond donors (Lipinski definition) is 2. The molecule has 7 heteroatoms. The number of carboxylic acids is 1. The van der Waals surface area contributed by atoms with E-state index in [0.29, 0.717) is 18.5 Å². The van der Waals surface area contributed by atoms with E-state index in [1.165, 1.54) is 6.42 Å². The molecule has 1 aliphatic rings.